The Labute approximate surface area is 89.8 Å². The van der Waals surface area contributed by atoms with Crippen LogP contribution in [-0.4, -0.2) is 43.3 Å². The molecule has 0 fully saturated rings. The molecule has 2 nitrogen and oxygen atoms in total. The van der Waals surface area contributed by atoms with Crippen molar-refractivity contribution in [1.82, 2.24) is 10.2 Å². The van der Waals surface area contributed by atoms with E-state index in [1.165, 1.54) is 11.9 Å². The van der Waals surface area contributed by atoms with Crippen LogP contribution in [-0.2, 0) is 0 Å². The summed E-state index contributed by atoms with van der Waals surface area (Å²) in [6.07, 6.45) is -3.38. The van der Waals surface area contributed by atoms with Crippen LogP contribution in [0.5, 0.6) is 0 Å². The van der Waals surface area contributed by atoms with Gasteiger partial charge in [0.1, 0.15) is 0 Å². The van der Waals surface area contributed by atoms with Crippen molar-refractivity contribution in [3.05, 3.63) is 0 Å². The van der Waals surface area contributed by atoms with Crippen molar-refractivity contribution in [3.8, 4) is 0 Å². The van der Waals surface area contributed by atoms with E-state index in [1.807, 2.05) is 20.8 Å². The lowest BCUT2D eigenvalue weighted by Crippen LogP contribution is -2.41. The first kappa shape index (κ1) is 14.7. The van der Waals surface area contributed by atoms with Crippen LogP contribution in [0.2, 0.25) is 0 Å². The van der Waals surface area contributed by atoms with Gasteiger partial charge in [0.25, 0.3) is 0 Å². The average Bonchev–Trinajstić information content (AvgIpc) is 2.00. The maximum atomic E-state index is 12.1. The molecule has 0 aliphatic heterocycles. The lowest BCUT2D eigenvalue weighted by atomic mass is 10.1. The van der Waals surface area contributed by atoms with Gasteiger partial charge in [-0.3, -0.25) is 4.90 Å². The summed E-state index contributed by atoms with van der Waals surface area (Å²) in [5.74, 6) is 0. The van der Waals surface area contributed by atoms with Gasteiger partial charge in [-0.1, -0.05) is 6.92 Å². The van der Waals surface area contributed by atoms with E-state index >= 15 is 0 Å². The molecule has 0 aliphatic rings. The third-order valence-corrected chi connectivity index (χ3v) is 2.43. The van der Waals surface area contributed by atoms with E-state index in [0.717, 1.165) is 13.0 Å². The van der Waals surface area contributed by atoms with Gasteiger partial charge in [0.05, 0.1) is 6.54 Å². The largest absolute Gasteiger partial charge is 0.401 e. The first-order chi connectivity index (χ1) is 6.76. The zero-order valence-electron chi connectivity index (χ0n) is 9.86. The molecule has 0 bridgehead atoms. The third kappa shape index (κ3) is 7.62. The highest BCUT2D eigenvalue weighted by atomic mass is 19.4. The Morgan fingerprint density at radius 3 is 2.20 bits per heavy atom. The second kappa shape index (κ2) is 6.33. The lowest BCUT2D eigenvalue weighted by molar-refractivity contribution is -0.147. The topological polar surface area (TPSA) is 15.3 Å². The van der Waals surface area contributed by atoms with Crippen molar-refractivity contribution in [1.29, 1.82) is 0 Å². The zero-order chi connectivity index (χ0) is 12.1. The average molecular weight is 226 g/mol. The molecule has 1 N–H and O–H groups in total. The van der Waals surface area contributed by atoms with E-state index in [4.69, 9.17) is 0 Å². The number of nitrogens with zero attached hydrogens (tertiary/aromatic N) is 1. The molecule has 0 amide bonds. The van der Waals surface area contributed by atoms with E-state index in [9.17, 15) is 13.2 Å². The van der Waals surface area contributed by atoms with Crippen molar-refractivity contribution in [2.75, 3.05) is 20.1 Å². The second-order valence-corrected chi connectivity index (χ2v) is 4.07. The summed E-state index contributed by atoms with van der Waals surface area (Å²) in [4.78, 5) is 1.34. The summed E-state index contributed by atoms with van der Waals surface area (Å²) in [5, 5.41) is 3.19. The third-order valence-electron chi connectivity index (χ3n) is 2.43. The predicted molar refractivity (Wildman–Crippen MR) is 55.9 cm³/mol. The monoisotopic (exact) mass is 226 g/mol. The number of halogens is 3. The standard InChI is InChI=1S/C10H21F3N2/c1-5-14-8(2)6-9(3)15(4)7-10(11,12)13/h8-9,14H,5-7H2,1-4H3. The Hall–Kier alpha value is -0.290. The summed E-state index contributed by atoms with van der Waals surface area (Å²) < 4.78 is 36.3. The van der Waals surface area contributed by atoms with Gasteiger partial charge in [-0.05, 0) is 33.9 Å². The minimum atomic E-state index is -4.11. The predicted octanol–water partition coefficient (Wildman–Crippen LogP) is 2.26. The fraction of sp³-hybridized carbons (Fsp3) is 1.00. The number of alkyl halides is 3. The fourth-order valence-corrected chi connectivity index (χ4v) is 1.56. The van der Waals surface area contributed by atoms with Gasteiger partial charge < -0.3 is 5.32 Å². The Balaban J connectivity index is 3.93. The van der Waals surface area contributed by atoms with Crippen LogP contribution in [0, 0.1) is 0 Å². The van der Waals surface area contributed by atoms with E-state index < -0.39 is 12.7 Å². The number of hydrogen-bond donors (Lipinski definition) is 1. The number of hydrogen-bond acceptors (Lipinski definition) is 2. The van der Waals surface area contributed by atoms with Crippen LogP contribution >= 0.6 is 0 Å². The lowest BCUT2D eigenvalue weighted by Gasteiger charge is -2.28. The van der Waals surface area contributed by atoms with Crippen LogP contribution in [0.25, 0.3) is 0 Å². The second-order valence-electron chi connectivity index (χ2n) is 4.07. The van der Waals surface area contributed by atoms with Gasteiger partial charge in [-0.15, -0.1) is 0 Å². The molecule has 0 rings (SSSR count). The highest BCUT2D eigenvalue weighted by Gasteiger charge is 2.30. The highest BCUT2D eigenvalue weighted by Crippen LogP contribution is 2.18. The molecule has 0 aromatic carbocycles. The Morgan fingerprint density at radius 2 is 1.80 bits per heavy atom. The maximum absolute atomic E-state index is 12.1. The first-order valence-corrected chi connectivity index (χ1v) is 5.26. The van der Waals surface area contributed by atoms with Gasteiger partial charge in [0.15, 0.2) is 0 Å². The van der Waals surface area contributed by atoms with Crippen molar-refractivity contribution in [3.63, 3.8) is 0 Å². The van der Waals surface area contributed by atoms with E-state index in [0.29, 0.717) is 0 Å². The number of rotatable bonds is 6. The van der Waals surface area contributed by atoms with Crippen LogP contribution < -0.4 is 5.32 Å². The van der Waals surface area contributed by atoms with Crippen LogP contribution in [0.1, 0.15) is 27.2 Å². The van der Waals surface area contributed by atoms with Crippen molar-refractivity contribution in [2.45, 2.75) is 45.5 Å². The smallest absolute Gasteiger partial charge is 0.314 e. The molecular weight excluding hydrogens is 205 g/mol. The van der Waals surface area contributed by atoms with E-state index in [2.05, 4.69) is 5.32 Å². The van der Waals surface area contributed by atoms with E-state index in [1.54, 1.807) is 0 Å². The van der Waals surface area contributed by atoms with E-state index in [-0.39, 0.29) is 12.1 Å². The van der Waals surface area contributed by atoms with Crippen LogP contribution in [0.15, 0.2) is 0 Å². The molecule has 92 valence electrons. The minimum absolute atomic E-state index is 0.0688. The molecule has 0 aliphatic carbocycles. The zero-order valence-corrected chi connectivity index (χ0v) is 9.86. The Kier molecular flexibility index (Phi) is 6.20. The molecule has 2 atom stereocenters. The van der Waals surface area contributed by atoms with Crippen LogP contribution in [0.3, 0.4) is 0 Å². The molecule has 0 aromatic heterocycles. The maximum Gasteiger partial charge on any atom is 0.401 e. The van der Waals surface area contributed by atoms with Crippen molar-refractivity contribution < 1.29 is 13.2 Å². The summed E-state index contributed by atoms with van der Waals surface area (Å²) in [6, 6.07) is 0.182. The van der Waals surface area contributed by atoms with Crippen molar-refractivity contribution in [2.24, 2.45) is 0 Å². The summed E-state index contributed by atoms with van der Waals surface area (Å²) >= 11 is 0. The normalized spacial score (nSPS) is 16.8. The molecule has 5 heteroatoms. The van der Waals surface area contributed by atoms with Gasteiger partial charge in [0, 0.05) is 12.1 Å². The Morgan fingerprint density at radius 1 is 1.27 bits per heavy atom. The highest BCUT2D eigenvalue weighted by molar-refractivity contribution is 4.72. The Bertz CT molecular complexity index is 171. The molecule has 0 aromatic rings. The fourth-order valence-electron chi connectivity index (χ4n) is 1.56. The van der Waals surface area contributed by atoms with Crippen LogP contribution in [0.4, 0.5) is 13.2 Å². The molecule has 0 spiro atoms. The molecular formula is C10H21F3N2. The quantitative estimate of drug-likeness (QED) is 0.747. The minimum Gasteiger partial charge on any atom is -0.314 e. The molecule has 0 radical (unpaired) electrons. The molecule has 0 saturated heterocycles. The summed E-state index contributed by atoms with van der Waals surface area (Å²) in [6.45, 7) is 5.80. The SMILES string of the molecule is CCNC(C)CC(C)N(C)CC(F)(F)F. The van der Waals surface area contributed by atoms with Gasteiger partial charge >= 0.3 is 6.18 Å². The first-order valence-electron chi connectivity index (χ1n) is 5.26. The molecule has 15 heavy (non-hydrogen) atoms. The summed E-state index contributed by atoms with van der Waals surface area (Å²) in [5.41, 5.74) is 0. The van der Waals surface area contributed by atoms with Gasteiger partial charge in [-0.2, -0.15) is 13.2 Å². The molecule has 0 saturated carbocycles. The van der Waals surface area contributed by atoms with Gasteiger partial charge in [-0.25, -0.2) is 0 Å². The van der Waals surface area contributed by atoms with Crippen molar-refractivity contribution >= 4 is 0 Å². The summed E-state index contributed by atoms with van der Waals surface area (Å²) in [7, 11) is 1.51. The molecule has 0 heterocycles. The molecule has 2 unspecified atom stereocenters. The van der Waals surface area contributed by atoms with Gasteiger partial charge in [0.2, 0.25) is 0 Å². The number of nitrogens with one attached hydrogen (secondary N) is 1.